The lowest BCUT2D eigenvalue weighted by molar-refractivity contribution is -0.0292. The topological polar surface area (TPSA) is 21.3 Å². The average Bonchev–Trinajstić information content (AvgIpc) is 1.60. The second-order valence-corrected chi connectivity index (χ2v) is 3.10. The molecule has 10 heavy (non-hydrogen) atoms. The van der Waals surface area contributed by atoms with Crippen LogP contribution < -0.4 is 5.32 Å². The van der Waals surface area contributed by atoms with E-state index in [4.69, 9.17) is 4.74 Å². The van der Waals surface area contributed by atoms with Gasteiger partial charge in [0.25, 0.3) is 0 Å². The summed E-state index contributed by atoms with van der Waals surface area (Å²) in [7, 11) is 1.76. The van der Waals surface area contributed by atoms with Gasteiger partial charge in [-0.05, 0) is 26.8 Å². The summed E-state index contributed by atoms with van der Waals surface area (Å²) in [5.41, 5.74) is 0.0260. The van der Waals surface area contributed by atoms with E-state index in [1.807, 2.05) is 0 Å². The van der Waals surface area contributed by atoms with Crippen molar-refractivity contribution in [2.45, 2.75) is 31.9 Å². The second-order valence-electron chi connectivity index (χ2n) is 3.10. The molecule has 0 aromatic heterocycles. The molecule has 0 bridgehead atoms. The van der Waals surface area contributed by atoms with E-state index < -0.39 is 0 Å². The Labute approximate surface area is 68.7 Å². The van der Waals surface area contributed by atoms with Crippen LogP contribution in [-0.4, -0.2) is 25.3 Å². The van der Waals surface area contributed by atoms with Crippen LogP contribution in [0.1, 0.15) is 20.3 Å². The van der Waals surface area contributed by atoms with E-state index in [-0.39, 0.29) is 18.0 Å². The molecule has 1 aliphatic rings. The van der Waals surface area contributed by atoms with Crippen LogP contribution in [0.4, 0.5) is 0 Å². The van der Waals surface area contributed by atoms with Crippen molar-refractivity contribution in [3.8, 4) is 0 Å². The lowest BCUT2D eigenvalue weighted by atomic mass is 9.90. The highest BCUT2D eigenvalue weighted by molar-refractivity contribution is 5.85. The van der Waals surface area contributed by atoms with Gasteiger partial charge in [-0.25, -0.2) is 0 Å². The van der Waals surface area contributed by atoms with Crippen LogP contribution in [0, 0.1) is 0 Å². The van der Waals surface area contributed by atoms with Crippen molar-refractivity contribution >= 4 is 12.4 Å². The highest BCUT2D eigenvalue weighted by Gasteiger charge is 2.33. The van der Waals surface area contributed by atoms with Crippen molar-refractivity contribution in [2.75, 3.05) is 13.7 Å². The van der Waals surface area contributed by atoms with Gasteiger partial charge in [-0.15, -0.1) is 12.4 Å². The smallest absolute Gasteiger partial charge is 0.0775 e. The number of nitrogens with one attached hydrogen (secondary N) is 1. The quantitative estimate of drug-likeness (QED) is 0.664. The fourth-order valence-electron chi connectivity index (χ4n) is 1.02. The maximum absolute atomic E-state index is 5.28. The zero-order valence-electron chi connectivity index (χ0n) is 6.81. The van der Waals surface area contributed by atoms with Crippen LogP contribution in [0.25, 0.3) is 0 Å². The molecule has 1 N–H and O–H groups in total. The monoisotopic (exact) mass is 165 g/mol. The fraction of sp³-hybridized carbons (Fsp3) is 1.00. The van der Waals surface area contributed by atoms with Crippen molar-refractivity contribution in [1.29, 1.82) is 0 Å². The summed E-state index contributed by atoms with van der Waals surface area (Å²) in [5.74, 6) is 0. The van der Waals surface area contributed by atoms with Crippen LogP contribution in [0.15, 0.2) is 0 Å². The first-order chi connectivity index (χ1) is 4.17. The van der Waals surface area contributed by atoms with Crippen molar-refractivity contribution in [1.82, 2.24) is 5.32 Å². The normalized spacial score (nSPS) is 24.9. The van der Waals surface area contributed by atoms with Gasteiger partial charge in [-0.1, -0.05) is 0 Å². The molecule has 1 saturated heterocycles. The molecule has 0 aromatic carbocycles. The summed E-state index contributed by atoms with van der Waals surface area (Å²) in [6.45, 7) is 5.38. The van der Waals surface area contributed by atoms with Gasteiger partial charge in [0, 0.05) is 13.2 Å². The Morgan fingerprint density at radius 3 is 2.10 bits per heavy atom. The molecule has 0 amide bonds. The zero-order chi connectivity index (χ0) is 6.91. The minimum absolute atomic E-state index is 0. The average molecular weight is 166 g/mol. The van der Waals surface area contributed by atoms with Crippen molar-refractivity contribution in [3.05, 3.63) is 0 Å². The molecular formula is C7H16ClNO. The molecule has 1 atom stereocenters. The maximum atomic E-state index is 5.28. The van der Waals surface area contributed by atoms with Gasteiger partial charge in [0.2, 0.25) is 0 Å². The molecule has 0 radical (unpaired) electrons. The Morgan fingerprint density at radius 1 is 1.50 bits per heavy atom. The molecule has 1 fully saturated rings. The lowest BCUT2D eigenvalue weighted by Crippen LogP contribution is -2.56. The third-order valence-electron chi connectivity index (χ3n) is 2.19. The zero-order valence-corrected chi connectivity index (χ0v) is 7.62. The standard InChI is InChI=1S/C7H15NO.ClH/c1-7(2,9-3)6-4-5-8-6;/h6,8H,4-5H2,1-3H3;1H. The largest absolute Gasteiger partial charge is 0.377 e. The molecule has 0 saturated carbocycles. The van der Waals surface area contributed by atoms with Crippen molar-refractivity contribution in [3.63, 3.8) is 0 Å². The highest BCUT2D eigenvalue weighted by atomic mass is 35.5. The number of hydrogen-bond donors (Lipinski definition) is 1. The minimum atomic E-state index is 0. The predicted molar refractivity (Wildman–Crippen MR) is 44.7 cm³/mol. The maximum Gasteiger partial charge on any atom is 0.0775 e. The summed E-state index contributed by atoms with van der Waals surface area (Å²) in [6, 6.07) is 0.572. The van der Waals surface area contributed by atoms with E-state index in [1.165, 1.54) is 6.42 Å². The van der Waals surface area contributed by atoms with Gasteiger partial charge in [0.15, 0.2) is 0 Å². The van der Waals surface area contributed by atoms with Crippen LogP contribution in [0.2, 0.25) is 0 Å². The molecule has 0 aromatic rings. The van der Waals surface area contributed by atoms with Gasteiger partial charge in [-0.2, -0.15) is 0 Å². The highest BCUT2D eigenvalue weighted by Crippen LogP contribution is 2.20. The third kappa shape index (κ3) is 1.84. The number of hydrogen-bond acceptors (Lipinski definition) is 2. The summed E-state index contributed by atoms with van der Waals surface area (Å²) >= 11 is 0. The third-order valence-corrected chi connectivity index (χ3v) is 2.19. The predicted octanol–water partition coefficient (Wildman–Crippen LogP) is 1.20. The number of ether oxygens (including phenoxy) is 1. The molecule has 1 heterocycles. The summed E-state index contributed by atoms with van der Waals surface area (Å²) in [4.78, 5) is 0. The molecule has 0 aliphatic carbocycles. The van der Waals surface area contributed by atoms with Crippen LogP contribution in [0.3, 0.4) is 0 Å². The van der Waals surface area contributed by atoms with E-state index in [1.54, 1.807) is 7.11 Å². The SMILES string of the molecule is COC(C)(C)C1CCN1.Cl. The summed E-state index contributed by atoms with van der Waals surface area (Å²) in [5, 5.41) is 3.31. The lowest BCUT2D eigenvalue weighted by Gasteiger charge is -2.40. The summed E-state index contributed by atoms with van der Waals surface area (Å²) in [6.07, 6.45) is 1.25. The van der Waals surface area contributed by atoms with Crippen molar-refractivity contribution < 1.29 is 4.74 Å². The molecule has 3 heteroatoms. The van der Waals surface area contributed by atoms with Gasteiger partial charge in [-0.3, -0.25) is 0 Å². The first-order valence-electron chi connectivity index (χ1n) is 3.45. The number of rotatable bonds is 2. The number of halogens is 1. The van der Waals surface area contributed by atoms with Gasteiger partial charge < -0.3 is 10.1 Å². The Kier molecular flexibility index (Phi) is 3.63. The minimum Gasteiger partial charge on any atom is -0.377 e. The molecule has 1 rings (SSSR count). The van der Waals surface area contributed by atoms with Gasteiger partial charge in [0.1, 0.15) is 0 Å². The van der Waals surface area contributed by atoms with E-state index >= 15 is 0 Å². The summed E-state index contributed by atoms with van der Waals surface area (Å²) < 4.78 is 5.28. The van der Waals surface area contributed by atoms with E-state index in [9.17, 15) is 0 Å². The molecule has 2 nitrogen and oxygen atoms in total. The van der Waals surface area contributed by atoms with Crippen LogP contribution in [-0.2, 0) is 4.74 Å². The molecule has 1 unspecified atom stereocenters. The first-order valence-corrected chi connectivity index (χ1v) is 3.45. The Balaban J connectivity index is 0.000000810. The van der Waals surface area contributed by atoms with E-state index in [2.05, 4.69) is 19.2 Å². The molecule has 1 aliphatic heterocycles. The fourth-order valence-corrected chi connectivity index (χ4v) is 1.02. The molecule has 62 valence electrons. The Bertz CT molecular complexity index is 102. The molecular weight excluding hydrogens is 150 g/mol. The number of methoxy groups -OCH3 is 1. The Hall–Kier alpha value is 0.210. The second kappa shape index (κ2) is 3.56. The van der Waals surface area contributed by atoms with Crippen LogP contribution in [0.5, 0.6) is 0 Å². The first kappa shape index (κ1) is 10.2. The van der Waals surface area contributed by atoms with E-state index in [0.29, 0.717) is 6.04 Å². The van der Waals surface area contributed by atoms with E-state index in [0.717, 1.165) is 6.54 Å². The molecule has 0 spiro atoms. The van der Waals surface area contributed by atoms with Gasteiger partial charge >= 0.3 is 0 Å². The van der Waals surface area contributed by atoms with Gasteiger partial charge in [0.05, 0.1) is 5.60 Å². The van der Waals surface area contributed by atoms with Crippen molar-refractivity contribution in [2.24, 2.45) is 0 Å². The Morgan fingerprint density at radius 2 is 2.00 bits per heavy atom. The van der Waals surface area contributed by atoms with Crippen LogP contribution >= 0.6 is 12.4 Å².